The first-order valence-corrected chi connectivity index (χ1v) is 9.57. The van der Waals surface area contributed by atoms with Gasteiger partial charge in [0.1, 0.15) is 17.2 Å². The molecule has 2 aromatic heterocycles. The first kappa shape index (κ1) is 18.1. The van der Waals surface area contributed by atoms with Crippen molar-refractivity contribution >= 4 is 22.7 Å². The molecule has 4 aromatic rings. The van der Waals surface area contributed by atoms with E-state index in [-0.39, 0.29) is 22.5 Å². The molecule has 1 atom stereocenters. The van der Waals surface area contributed by atoms with Gasteiger partial charge in [-0.3, -0.25) is 14.5 Å². The third kappa shape index (κ3) is 2.61. The van der Waals surface area contributed by atoms with Crippen LogP contribution in [-0.2, 0) is 0 Å². The minimum Gasteiger partial charge on any atom is -0.508 e. The number of carbonyl (C=O) groups is 1. The summed E-state index contributed by atoms with van der Waals surface area (Å²) >= 11 is 0. The Kier molecular flexibility index (Phi) is 3.96. The number of fused-ring (bicyclic) bond motifs is 2. The Morgan fingerprint density at radius 1 is 1.00 bits per heavy atom. The topological polar surface area (TPSA) is 83.6 Å². The lowest BCUT2D eigenvalue weighted by Gasteiger charge is -2.24. The Bertz CT molecular complexity index is 1360. The molecule has 148 valence electrons. The molecule has 3 heterocycles. The van der Waals surface area contributed by atoms with Crippen molar-refractivity contribution in [3.8, 4) is 5.75 Å². The second-order valence-corrected chi connectivity index (χ2v) is 7.46. The number of anilines is 1. The fourth-order valence-electron chi connectivity index (χ4n) is 3.93. The van der Waals surface area contributed by atoms with Gasteiger partial charge in [0.2, 0.25) is 5.76 Å². The van der Waals surface area contributed by atoms with E-state index in [2.05, 4.69) is 4.98 Å². The summed E-state index contributed by atoms with van der Waals surface area (Å²) < 4.78 is 5.99. The van der Waals surface area contributed by atoms with Crippen molar-refractivity contribution in [2.24, 2.45) is 0 Å². The molecule has 1 unspecified atom stereocenters. The number of rotatable bonds is 2. The lowest BCUT2D eigenvalue weighted by molar-refractivity contribution is 0.0970. The van der Waals surface area contributed by atoms with Gasteiger partial charge in [0.05, 0.1) is 17.0 Å². The number of nitrogens with zero attached hydrogens (tertiary/aromatic N) is 2. The number of carbonyl (C=O) groups excluding carboxylic acids is 1. The Morgan fingerprint density at radius 3 is 2.43 bits per heavy atom. The van der Waals surface area contributed by atoms with Gasteiger partial charge in [-0.25, -0.2) is 4.98 Å². The highest BCUT2D eigenvalue weighted by Crippen LogP contribution is 2.40. The highest BCUT2D eigenvalue weighted by Gasteiger charge is 2.44. The molecule has 1 amide bonds. The first-order valence-electron chi connectivity index (χ1n) is 9.57. The zero-order chi connectivity index (χ0) is 21.0. The number of phenols is 1. The molecule has 0 spiro atoms. The lowest BCUT2D eigenvalue weighted by Crippen LogP contribution is -2.30. The summed E-state index contributed by atoms with van der Waals surface area (Å²) in [6.45, 7) is 3.87. The smallest absolute Gasteiger partial charge is 0.296 e. The van der Waals surface area contributed by atoms with Crippen LogP contribution in [0.5, 0.6) is 5.75 Å². The number of pyridine rings is 1. The molecule has 5 rings (SSSR count). The van der Waals surface area contributed by atoms with Gasteiger partial charge in [0.25, 0.3) is 5.91 Å². The van der Waals surface area contributed by atoms with Crippen LogP contribution in [0.1, 0.15) is 38.9 Å². The molecule has 0 bridgehead atoms. The Hall–Kier alpha value is -3.93. The largest absolute Gasteiger partial charge is 0.508 e. The molecule has 6 nitrogen and oxygen atoms in total. The maximum absolute atomic E-state index is 13.5. The van der Waals surface area contributed by atoms with E-state index in [1.807, 2.05) is 13.8 Å². The molecule has 1 aliphatic rings. The maximum Gasteiger partial charge on any atom is 0.296 e. The Labute approximate surface area is 172 Å². The monoisotopic (exact) mass is 398 g/mol. The molecule has 2 aromatic carbocycles. The zero-order valence-electron chi connectivity index (χ0n) is 16.4. The van der Waals surface area contributed by atoms with Crippen LogP contribution in [0.25, 0.3) is 11.0 Å². The van der Waals surface area contributed by atoms with Crippen LogP contribution < -0.4 is 10.3 Å². The van der Waals surface area contributed by atoms with Crippen LogP contribution in [0.15, 0.2) is 70.0 Å². The average molecular weight is 398 g/mol. The summed E-state index contributed by atoms with van der Waals surface area (Å²) in [5.74, 6) is 0.130. The quantitative estimate of drug-likeness (QED) is 0.545. The molecule has 0 fully saturated rings. The van der Waals surface area contributed by atoms with Crippen LogP contribution in [-0.4, -0.2) is 16.0 Å². The fourth-order valence-corrected chi connectivity index (χ4v) is 3.93. The molecule has 0 saturated carbocycles. The minimum absolute atomic E-state index is 0.0273. The fraction of sp³-hybridized carbons (Fsp3) is 0.125. The number of aromatic hydroxyl groups is 1. The van der Waals surface area contributed by atoms with Crippen LogP contribution in [0.2, 0.25) is 0 Å². The van der Waals surface area contributed by atoms with Crippen molar-refractivity contribution in [3.05, 3.63) is 99.0 Å². The Morgan fingerprint density at radius 2 is 1.73 bits per heavy atom. The normalized spacial score (nSPS) is 15.6. The number of amides is 1. The van der Waals surface area contributed by atoms with E-state index >= 15 is 0 Å². The number of hydrogen-bond donors (Lipinski definition) is 1. The molecular weight excluding hydrogens is 380 g/mol. The van der Waals surface area contributed by atoms with Gasteiger partial charge < -0.3 is 9.52 Å². The summed E-state index contributed by atoms with van der Waals surface area (Å²) in [6.07, 6.45) is 1.60. The summed E-state index contributed by atoms with van der Waals surface area (Å²) in [7, 11) is 0. The Balaban J connectivity index is 1.83. The molecule has 0 aliphatic carbocycles. The third-order valence-electron chi connectivity index (χ3n) is 5.59. The number of phenolic OH excluding ortho intramolecular Hbond substituents is 1. The molecule has 30 heavy (non-hydrogen) atoms. The number of aryl methyl sites for hydroxylation is 2. The molecular formula is C24H18N2O4. The van der Waals surface area contributed by atoms with Gasteiger partial charge in [-0.2, -0.15) is 0 Å². The van der Waals surface area contributed by atoms with E-state index in [9.17, 15) is 14.7 Å². The van der Waals surface area contributed by atoms with Gasteiger partial charge in [0, 0.05) is 6.20 Å². The number of aromatic nitrogens is 1. The molecule has 6 heteroatoms. The van der Waals surface area contributed by atoms with E-state index < -0.39 is 11.9 Å². The lowest BCUT2D eigenvalue weighted by atomic mass is 9.97. The van der Waals surface area contributed by atoms with Gasteiger partial charge in [0.15, 0.2) is 5.43 Å². The number of benzene rings is 2. The predicted molar refractivity (Wildman–Crippen MR) is 113 cm³/mol. The highest BCUT2D eigenvalue weighted by molar-refractivity contribution is 6.10. The highest BCUT2D eigenvalue weighted by atomic mass is 16.3. The molecule has 1 N–H and O–H groups in total. The second-order valence-electron chi connectivity index (χ2n) is 7.46. The minimum atomic E-state index is -0.703. The zero-order valence-corrected chi connectivity index (χ0v) is 16.4. The van der Waals surface area contributed by atoms with E-state index in [1.165, 1.54) is 17.0 Å². The van der Waals surface area contributed by atoms with Crippen LogP contribution in [0.4, 0.5) is 5.82 Å². The maximum atomic E-state index is 13.5. The first-order chi connectivity index (χ1) is 14.5. The van der Waals surface area contributed by atoms with Crippen molar-refractivity contribution in [1.29, 1.82) is 0 Å². The van der Waals surface area contributed by atoms with E-state index in [0.29, 0.717) is 22.4 Å². The van der Waals surface area contributed by atoms with Crippen LogP contribution in [0, 0.1) is 13.8 Å². The van der Waals surface area contributed by atoms with Crippen molar-refractivity contribution in [1.82, 2.24) is 4.98 Å². The second kappa shape index (κ2) is 6.56. The summed E-state index contributed by atoms with van der Waals surface area (Å²) in [5, 5.41) is 10.1. The molecule has 0 saturated heterocycles. The summed E-state index contributed by atoms with van der Waals surface area (Å²) in [4.78, 5) is 32.7. The van der Waals surface area contributed by atoms with E-state index in [1.54, 1.807) is 48.7 Å². The number of hydrogen-bond acceptors (Lipinski definition) is 5. The van der Waals surface area contributed by atoms with E-state index in [4.69, 9.17) is 4.42 Å². The third-order valence-corrected chi connectivity index (χ3v) is 5.59. The van der Waals surface area contributed by atoms with Gasteiger partial charge in [-0.15, -0.1) is 0 Å². The van der Waals surface area contributed by atoms with E-state index in [0.717, 1.165) is 11.1 Å². The van der Waals surface area contributed by atoms with Gasteiger partial charge in [-0.05, 0) is 66.9 Å². The predicted octanol–water partition coefficient (Wildman–Crippen LogP) is 4.26. The van der Waals surface area contributed by atoms with Crippen molar-refractivity contribution in [3.63, 3.8) is 0 Å². The van der Waals surface area contributed by atoms with Crippen LogP contribution in [0.3, 0.4) is 0 Å². The van der Waals surface area contributed by atoms with Crippen molar-refractivity contribution in [2.75, 3.05) is 4.90 Å². The van der Waals surface area contributed by atoms with Crippen molar-refractivity contribution in [2.45, 2.75) is 19.9 Å². The van der Waals surface area contributed by atoms with Gasteiger partial charge >= 0.3 is 0 Å². The molecule has 1 aliphatic heterocycles. The summed E-state index contributed by atoms with van der Waals surface area (Å²) in [5.41, 5.74) is 3.07. The average Bonchev–Trinajstić information content (AvgIpc) is 3.04. The van der Waals surface area contributed by atoms with Gasteiger partial charge in [-0.1, -0.05) is 18.2 Å². The van der Waals surface area contributed by atoms with Crippen LogP contribution >= 0.6 is 0 Å². The summed E-state index contributed by atoms with van der Waals surface area (Å²) in [6, 6.07) is 14.6. The standard InChI is InChI=1S/C24H18N2O4/c1-13-11-17-18(12-14(13)2)30-23-20(22(17)28)21(15-6-8-16(27)9-7-15)26(24(23)29)19-5-3-4-10-25-19/h3-12,21,27H,1-2H3. The van der Waals surface area contributed by atoms with Crippen molar-refractivity contribution < 1.29 is 14.3 Å². The SMILES string of the molecule is Cc1cc2oc3c(c(=O)c2cc1C)C(c1ccc(O)cc1)N(c1ccccn1)C3=O. The molecule has 0 radical (unpaired) electrons.